The molecule has 1 aromatic carbocycles. The molecule has 6 heteroatoms. The van der Waals surface area contributed by atoms with Crippen molar-refractivity contribution in [2.75, 3.05) is 20.2 Å². The second-order valence-corrected chi connectivity index (χ2v) is 4.14. The molecule has 0 aromatic heterocycles. The van der Waals surface area contributed by atoms with Gasteiger partial charge in [0.1, 0.15) is 11.5 Å². The summed E-state index contributed by atoms with van der Waals surface area (Å²) in [7, 11) is 1.44. The summed E-state index contributed by atoms with van der Waals surface area (Å²) in [6, 6.07) is 4.24. The van der Waals surface area contributed by atoms with E-state index in [0.717, 1.165) is 25.1 Å². The summed E-state index contributed by atoms with van der Waals surface area (Å²) >= 11 is 0. The molecule has 1 saturated heterocycles. The van der Waals surface area contributed by atoms with Crippen molar-refractivity contribution in [2.45, 2.75) is 18.7 Å². The van der Waals surface area contributed by atoms with Crippen LogP contribution in [0.1, 0.15) is 17.9 Å². The normalized spacial score (nSPS) is 19.9. The Bertz CT molecular complexity index is 414. The van der Waals surface area contributed by atoms with Crippen LogP contribution in [0.3, 0.4) is 0 Å². The van der Waals surface area contributed by atoms with Crippen LogP contribution in [0.4, 0.5) is 13.2 Å². The molecule has 1 aromatic rings. The van der Waals surface area contributed by atoms with E-state index in [9.17, 15) is 13.2 Å². The summed E-state index contributed by atoms with van der Waals surface area (Å²) in [5, 5.41) is 3.21. The van der Waals surface area contributed by atoms with Gasteiger partial charge in [-0.25, -0.2) is 0 Å². The lowest BCUT2D eigenvalue weighted by Crippen LogP contribution is -2.17. The first-order chi connectivity index (χ1) is 8.49. The van der Waals surface area contributed by atoms with Gasteiger partial charge >= 0.3 is 6.36 Å². The van der Waals surface area contributed by atoms with E-state index in [1.54, 1.807) is 6.07 Å². The van der Waals surface area contributed by atoms with Crippen LogP contribution in [0.2, 0.25) is 0 Å². The number of ether oxygens (including phenoxy) is 2. The predicted molar refractivity (Wildman–Crippen MR) is 59.9 cm³/mol. The zero-order valence-corrected chi connectivity index (χ0v) is 9.88. The number of alkyl halides is 3. The molecule has 1 N–H and O–H groups in total. The Balaban J connectivity index is 2.22. The topological polar surface area (TPSA) is 30.5 Å². The van der Waals surface area contributed by atoms with Gasteiger partial charge in [-0.2, -0.15) is 0 Å². The number of hydrogen-bond acceptors (Lipinski definition) is 3. The third-order valence-corrected chi connectivity index (χ3v) is 2.94. The number of nitrogens with one attached hydrogen (secondary N) is 1. The Morgan fingerprint density at radius 1 is 1.33 bits per heavy atom. The van der Waals surface area contributed by atoms with Gasteiger partial charge in [-0.3, -0.25) is 0 Å². The van der Waals surface area contributed by atoms with E-state index < -0.39 is 6.36 Å². The zero-order valence-electron chi connectivity index (χ0n) is 9.88. The van der Waals surface area contributed by atoms with Crippen LogP contribution < -0.4 is 14.8 Å². The van der Waals surface area contributed by atoms with E-state index in [0.29, 0.717) is 5.75 Å². The minimum absolute atomic E-state index is 0.256. The summed E-state index contributed by atoms with van der Waals surface area (Å²) in [6.07, 6.45) is -3.72. The van der Waals surface area contributed by atoms with Gasteiger partial charge in [-0.1, -0.05) is 6.07 Å². The van der Waals surface area contributed by atoms with Gasteiger partial charge in [-0.05, 0) is 24.6 Å². The zero-order chi connectivity index (χ0) is 13.2. The second kappa shape index (κ2) is 5.06. The molecule has 3 nitrogen and oxygen atoms in total. The van der Waals surface area contributed by atoms with E-state index >= 15 is 0 Å². The highest BCUT2D eigenvalue weighted by atomic mass is 19.4. The third kappa shape index (κ3) is 3.07. The standard InChI is InChI=1S/C12H14F3NO2/c1-17-11-6-9(18-12(13,14)15)2-3-10(11)8-4-5-16-7-8/h2-3,6,8,16H,4-5,7H2,1H3. The molecule has 0 aliphatic carbocycles. The van der Waals surface area contributed by atoms with Crippen molar-refractivity contribution in [1.29, 1.82) is 0 Å². The quantitative estimate of drug-likeness (QED) is 0.907. The van der Waals surface area contributed by atoms with Gasteiger partial charge in [0.25, 0.3) is 0 Å². The lowest BCUT2D eigenvalue weighted by Gasteiger charge is -2.16. The van der Waals surface area contributed by atoms with Crippen molar-refractivity contribution in [2.24, 2.45) is 0 Å². The number of rotatable bonds is 3. The van der Waals surface area contributed by atoms with Crippen molar-refractivity contribution in [3.8, 4) is 11.5 Å². The molecule has 100 valence electrons. The maximum Gasteiger partial charge on any atom is 0.573 e. The third-order valence-electron chi connectivity index (χ3n) is 2.94. The van der Waals surface area contributed by atoms with E-state index in [4.69, 9.17) is 4.74 Å². The Kier molecular flexibility index (Phi) is 3.65. The van der Waals surface area contributed by atoms with Crippen LogP contribution in [0, 0.1) is 0 Å². The lowest BCUT2D eigenvalue weighted by atomic mass is 9.97. The highest BCUT2D eigenvalue weighted by molar-refractivity contribution is 5.43. The van der Waals surface area contributed by atoms with Gasteiger partial charge in [0.05, 0.1) is 7.11 Å². The Hall–Kier alpha value is -1.43. The predicted octanol–water partition coefficient (Wildman–Crippen LogP) is 2.67. The first kappa shape index (κ1) is 13.0. The average Bonchev–Trinajstić information content (AvgIpc) is 2.80. The lowest BCUT2D eigenvalue weighted by molar-refractivity contribution is -0.274. The van der Waals surface area contributed by atoms with Crippen LogP contribution >= 0.6 is 0 Å². The SMILES string of the molecule is COc1cc(OC(F)(F)F)ccc1C1CCNC1. The summed E-state index contributed by atoms with van der Waals surface area (Å²) in [6.45, 7) is 1.73. The molecule has 0 bridgehead atoms. The molecule has 18 heavy (non-hydrogen) atoms. The molecule has 0 saturated carbocycles. The molecular formula is C12H14F3NO2. The summed E-state index contributed by atoms with van der Waals surface area (Å²) < 4.78 is 45.3. The van der Waals surface area contributed by atoms with Gasteiger partial charge in [-0.15, -0.1) is 13.2 Å². The summed E-state index contributed by atoms with van der Waals surface area (Å²) in [4.78, 5) is 0. The fraction of sp³-hybridized carbons (Fsp3) is 0.500. The molecule has 1 unspecified atom stereocenters. The molecule has 1 atom stereocenters. The smallest absolute Gasteiger partial charge is 0.496 e. The Labute approximate surface area is 103 Å². The first-order valence-corrected chi connectivity index (χ1v) is 5.64. The number of halogens is 3. The van der Waals surface area contributed by atoms with Crippen LogP contribution in [0.5, 0.6) is 11.5 Å². The molecule has 1 aliphatic rings. The molecule has 0 radical (unpaired) electrons. The minimum atomic E-state index is -4.68. The van der Waals surface area contributed by atoms with Crippen LogP contribution in [-0.2, 0) is 0 Å². The molecule has 0 amide bonds. The highest BCUT2D eigenvalue weighted by Crippen LogP contribution is 2.35. The minimum Gasteiger partial charge on any atom is -0.496 e. The first-order valence-electron chi connectivity index (χ1n) is 5.64. The Morgan fingerprint density at radius 3 is 2.67 bits per heavy atom. The summed E-state index contributed by atoms with van der Waals surface area (Å²) in [5.74, 6) is 0.458. The summed E-state index contributed by atoms with van der Waals surface area (Å²) in [5.41, 5.74) is 0.914. The molecule has 2 rings (SSSR count). The fourth-order valence-corrected chi connectivity index (χ4v) is 2.15. The van der Waals surface area contributed by atoms with Gasteiger partial charge in [0, 0.05) is 18.5 Å². The van der Waals surface area contributed by atoms with Gasteiger partial charge < -0.3 is 14.8 Å². The van der Waals surface area contributed by atoms with E-state index in [2.05, 4.69) is 10.1 Å². The second-order valence-electron chi connectivity index (χ2n) is 4.14. The van der Waals surface area contributed by atoms with Crippen LogP contribution in [-0.4, -0.2) is 26.6 Å². The maximum atomic E-state index is 12.1. The van der Waals surface area contributed by atoms with Gasteiger partial charge in [0.2, 0.25) is 0 Å². The van der Waals surface area contributed by atoms with E-state index in [1.165, 1.54) is 19.2 Å². The van der Waals surface area contributed by atoms with Crippen molar-refractivity contribution < 1.29 is 22.6 Å². The van der Waals surface area contributed by atoms with Gasteiger partial charge in [0.15, 0.2) is 0 Å². The number of benzene rings is 1. The van der Waals surface area contributed by atoms with Crippen molar-refractivity contribution in [3.63, 3.8) is 0 Å². The molecular weight excluding hydrogens is 247 g/mol. The van der Waals surface area contributed by atoms with Crippen molar-refractivity contribution >= 4 is 0 Å². The number of hydrogen-bond donors (Lipinski definition) is 1. The maximum absolute atomic E-state index is 12.1. The van der Waals surface area contributed by atoms with Crippen molar-refractivity contribution in [3.05, 3.63) is 23.8 Å². The molecule has 0 spiro atoms. The van der Waals surface area contributed by atoms with E-state index in [-0.39, 0.29) is 11.7 Å². The highest BCUT2D eigenvalue weighted by Gasteiger charge is 2.31. The average molecular weight is 261 g/mol. The Morgan fingerprint density at radius 2 is 2.11 bits per heavy atom. The largest absolute Gasteiger partial charge is 0.573 e. The number of methoxy groups -OCH3 is 1. The fourth-order valence-electron chi connectivity index (χ4n) is 2.15. The molecule has 1 aliphatic heterocycles. The molecule has 1 heterocycles. The molecule has 1 fully saturated rings. The monoisotopic (exact) mass is 261 g/mol. The van der Waals surface area contributed by atoms with Crippen LogP contribution in [0.15, 0.2) is 18.2 Å². The van der Waals surface area contributed by atoms with Crippen molar-refractivity contribution in [1.82, 2.24) is 5.32 Å². The van der Waals surface area contributed by atoms with Crippen LogP contribution in [0.25, 0.3) is 0 Å². The van der Waals surface area contributed by atoms with E-state index in [1.807, 2.05) is 0 Å².